The molecule has 1 aromatic heterocycles. The molecule has 6 heteroatoms. The summed E-state index contributed by atoms with van der Waals surface area (Å²) in [4.78, 5) is 19.0. The number of likely N-dealkylation sites (tertiary alicyclic amines) is 1. The smallest absolute Gasteiger partial charge is 0.233 e. The van der Waals surface area contributed by atoms with Crippen LogP contribution in [-0.4, -0.2) is 39.2 Å². The summed E-state index contributed by atoms with van der Waals surface area (Å²) in [6.45, 7) is 1.77. The molecule has 0 unspecified atom stereocenters. The molecule has 0 spiro atoms. The topological polar surface area (TPSA) is 38.1 Å². The van der Waals surface area contributed by atoms with E-state index in [9.17, 15) is 4.79 Å². The second-order valence-electron chi connectivity index (χ2n) is 6.48. The predicted molar refractivity (Wildman–Crippen MR) is 113 cm³/mol. The third-order valence-electron chi connectivity index (χ3n) is 4.67. The molecule has 0 radical (unpaired) electrons. The minimum atomic E-state index is 0.199. The Labute approximate surface area is 171 Å². The summed E-state index contributed by atoms with van der Waals surface area (Å²) in [5.74, 6) is 0.620. The lowest BCUT2D eigenvalue weighted by molar-refractivity contribution is -0.127. The first-order valence-corrected chi connectivity index (χ1v) is 10.8. The Balaban J connectivity index is 1.65. The molecule has 0 atom stereocenters. The predicted octanol–water partition coefficient (Wildman–Crippen LogP) is 5.02. The van der Waals surface area contributed by atoms with E-state index < -0.39 is 0 Å². The summed E-state index contributed by atoms with van der Waals surface area (Å²) in [7, 11) is 0. The van der Waals surface area contributed by atoms with Crippen molar-refractivity contribution in [1.82, 2.24) is 14.5 Å². The highest BCUT2D eigenvalue weighted by molar-refractivity contribution is 9.10. The van der Waals surface area contributed by atoms with Crippen molar-refractivity contribution in [3.63, 3.8) is 0 Å². The maximum absolute atomic E-state index is 12.4. The number of nitrogens with zero attached hydrogens (tertiary/aromatic N) is 3. The molecule has 2 heterocycles. The highest BCUT2D eigenvalue weighted by atomic mass is 79.9. The molecule has 0 aliphatic carbocycles. The van der Waals surface area contributed by atoms with E-state index in [4.69, 9.17) is 0 Å². The van der Waals surface area contributed by atoms with Gasteiger partial charge in [0, 0.05) is 28.8 Å². The largest absolute Gasteiger partial charge is 0.342 e. The van der Waals surface area contributed by atoms with E-state index >= 15 is 0 Å². The van der Waals surface area contributed by atoms with Crippen molar-refractivity contribution in [3.05, 3.63) is 65.3 Å². The Morgan fingerprint density at radius 1 is 1.04 bits per heavy atom. The summed E-state index contributed by atoms with van der Waals surface area (Å²) >= 11 is 5.00. The van der Waals surface area contributed by atoms with Crippen LogP contribution in [0.1, 0.15) is 12.8 Å². The molecule has 1 amide bonds. The normalized spacial score (nSPS) is 13.9. The number of halogens is 1. The van der Waals surface area contributed by atoms with Gasteiger partial charge in [0.15, 0.2) is 5.16 Å². The van der Waals surface area contributed by atoms with E-state index in [0.29, 0.717) is 5.75 Å². The van der Waals surface area contributed by atoms with Gasteiger partial charge in [-0.1, -0.05) is 58.0 Å². The number of benzene rings is 2. The average Bonchev–Trinajstić information content (AvgIpc) is 3.37. The van der Waals surface area contributed by atoms with E-state index in [1.807, 2.05) is 41.4 Å². The van der Waals surface area contributed by atoms with Crippen LogP contribution in [0, 0.1) is 0 Å². The molecule has 4 nitrogen and oxygen atoms in total. The molecule has 3 aromatic rings. The number of hydrogen-bond donors (Lipinski definition) is 0. The average molecular weight is 442 g/mol. The van der Waals surface area contributed by atoms with Gasteiger partial charge in [-0.05, 0) is 37.1 Å². The van der Waals surface area contributed by atoms with Crippen LogP contribution in [0.25, 0.3) is 16.9 Å². The first-order valence-electron chi connectivity index (χ1n) is 9.02. The van der Waals surface area contributed by atoms with Gasteiger partial charge in [0.05, 0.1) is 17.6 Å². The van der Waals surface area contributed by atoms with Gasteiger partial charge in [-0.15, -0.1) is 0 Å². The van der Waals surface area contributed by atoms with E-state index in [-0.39, 0.29) is 5.91 Å². The molecule has 0 saturated carbocycles. The zero-order valence-corrected chi connectivity index (χ0v) is 17.2. The molecule has 138 valence electrons. The Hall–Kier alpha value is -2.05. The van der Waals surface area contributed by atoms with Crippen LogP contribution < -0.4 is 0 Å². The van der Waals surface area contributed by atoms with Gasteiger partial charge in [-0.25, -0.2) is 4.98 Å². The monoisotopic (exact) mass is 441 g/mol. The molecule has 2 aromatic carbocycles. The van der Waals surface area contributed by atoms with E-state index in [0.717, 1.165) is 52.5 Å². The van der Waals surface area contributed by atoms with Crippen molar-refractivity contribution in [3.8, 4) is 16.9 Å². The lowest BCUT2D eigenvalue weighted by atomic mass is 10.1. The summed E-state index contributed by atoms with van der Waals surface area (Å²) in [6, 6.07) is 18.4. The molecule has 27 heavy (non-hydrogen) atoms. The number of carbonyl (C=O) groups is 1. The Bertz CT molecular complexity index is 918. The Morgan fingerprint density at radius 3 is 2.44 bits per heavy atom. The van der Waals surface area contributed by atoms with Crippen molar-refractivity contribution in [2.75, 3.05) is 18.8 Å². The van der Waals surface area contributed by atoms with Gasteiger partial charge < -0.3 is 4.90 Å². The van der Waals surface area contributed by atoms with Crippen molar-refractivity contribution in [2.24, 2.45) is 0 Å². The number of rotatable bonds is 5. The standard InChI is InChI=1S/C21H20BrN3OS/c22-17-10-8-16(9-11-17)19-14-23-21(25(19)18-6-2-1-3-7-18)27-15-20(26)24-12-4-5-13-24/h1-3,6-11,14H,4-5,12-13,15H2. The first-order chi connectivity index (χ1) is 13.2. The highest BCUT2D eigenvalue weighted by Crippen LogP contribution is 2.30. The number of imidazole rings is 1. The van der Waals surface area contributed by atoms with Gasteiger partial charge in [0.1, 0.15) is 0 Å². The number of aromatic nitrogens is 2. The Morgan fingerprint density at radius 2 is 1.74 bits per heavy atom. The second kappa shape index (κ2) is 8.31. The maximum Gasteiger partial charge on any atom is 0.233 e. The fourth-order valence-electron chi connectivity index (χ4n) is 3.27. The zero-order chi connectivity index (χ0) is 18.6. The lowest BCUT2D eigenvalue weighted by Gasteiger charge is -2.15. The number of hydrogen-bond acceptors (Lipinski definition) is 3. The van der Waals surface area contributed by atoms with Crippen molar-refractivity contribution in [2.45, 2.75) is 18.0 Å². The summed E-state index contributed by atoms with van der Waals surface area (Å²) in [5.41, 5.74) is 3.15. The Kier molecular flexibility index (Phi) is 5.64. The molecular weight excluding hydrogens is 422 g/mol. The molecule has 1 fully saturated rings. The minimum Gasteiger partial charge on any atom is -0.342 e. The van der Waals surface area contributed by atoms with Gasteiger partial charge in [-0.2, -0.15) is 0 Å². The maximum atomic E-state index is 12.4. The molecule has 0 bridgehead atoms. The summed E-state index contributed by atoms with van der Waals surface area (Å²) in [5, 5.41) is 0.840. The molecular formula is C21H20BrN3OS. The summed E-state index contributed by atoms with van der Waals surface area (Å²) in [6.07, 6.45) is 4.12. The second-order valence-corrected chi connectivity index (χ2v) is 8.34. The van der Waals surface area contributed by atoms with Crippen LogP contribution in [0.2, 0.25) is 0 Å². The SMILES string of the molecule is O=C(CSc1ncc(-c2ccc(Br)cc2)n1-c1ccccc1)N1CCCC1. The summed E-state index contributed by atoms with van der Waals surface area (Å²) < 4.78 is 3.17. The van der Waals surface area contributed by atoms with Crippen LogP contribution in [-0.2, 0) is 4.79 Å². The van der Waals surface area contributed by atoms with Gasteiger partial charge in [-0.3, -0.25) is 9.36 Å². The first kappa shape index (κ1) is 18.3. The minimum absolute atomic E-state index is 0.199. The number of amides is 1. The number of carbonyl (C=O) groups excluding carboxylic acids is 1. The van der Waals surface area contributed by atoms with Crippen molar-refractivity contribution >= 4 is 33.6 Å². The van der Waals surface area contributed by atoms with E-state index in [1.54, 1.807) is 0 Å². The molecule has 1 saturated heterocycles. The molecule has 1 aliphatic rings. The van der Waals surface area contributed by atoms with Crippen LogP contribution in [0.4, 0.5) is 0 Å². The van der Waals surface area contributed by atoms with Gasteiger partial charge in [0.2, 0.25) is 5.91 Å². The molecule has 4 rings (SSSR count). The fraction of sp³-hybridized carbons (Fsp3) is 0.238. The third-order valence-corrected chi connectivity index (χ3v) is 6.13. The highest BCUT2D eigenvalue weighted by Gasteiger charge is 2.20. The molecule has 0 N–H and O–H groups in total. The van der Waals surface area contributed by atoms with Gasteiger partial charge in [0.25, 0.3) is 0 Å². The van der Waals surface area contributed by atoms with Crippen LogP contribution >= 0.6 is 27.7 Å². The van der Waals surface area contributed by atoms with Crippen LogP contribution in [0.15, 0.2) is 70.4 Å². The van der Waals surface area contributed by atoms with Crippen molar-refractivity contribution in [1.29, 1.82) is 0 Å². The van der Waals surface area contributed by atoms with E-state index in [1.165, 1.54) is 11.8 Å². The van der Waals surface area contributed by atoms with Crippen LogP contribution in [0.5, 0.6) is 0 Å². The number of thioether (sulfide) groups is 1. The number of para-hydroxylation sites is 1. The van der Waals surface area contributed by atoms with E-state index in [2.05, 4.69) is 49.7 Å². The van der Waals surface area contributed by atoms with Crippen LogP contribution in [0.3, 0.4) is 0 Å². The molecule has 1 aliphatic heterocycles. The lowest BCUT2D eigenvalue weighted by Crippen LogP contribution is -2.29. The third kappa shape index (κ3) is 4.12. The zero-order valence-electron chi connectivity index (χ0n) is 14.8. The van der Waals surface area contributed by atoms with Crippen molar-refractivity contribution < 1.29 is 4.79 Å². The quantitative estimate of drug-likeness (QED) is 0.521. The fourth-order valence-corrected chi connectivity index (χ4v) is 4.43. The van der Waals surface area contributed by atoms with Gasteiger partial charge >= 0.3 is 0 Å².